The van der Waals surface area contributed by atoms with Gasteiger partial charge in [-0.1, -0.05) is 48.5 Å². The van der Waals surface area contributed by atoms with E-state index in [1.54, 1.807) is 0 Å². The molecule has 0 aliphatic carbocycles. The van der Waals surface area contributed by atoms with E-state index in [-0.39, 0.29) is 5.91 Å². The van der Waals surface area contributed by atoms with Crippen molar-refractivity contribution >= 4 is 5.91 Å². The number of piperidine rings is 1. The zero-order valence-electron chi connectivity index (χ0n) is 18.3. The predicted octanol–water partition coefficient (Wildman–Crippen LogP) is 4.24. The van der Waals surface area contributed by atoms with Crippen molar-refractivity contribution in [2.24, 2.45) is 5.92 Å². The van der Waals surface area contributed by atoms with E-state index in [1.165, 1.54) is 5.56 Å². The fourth-order valence-corrected chi connectivity index (χ4v) is 4.99. The summed E-state index contributed by atoms with van der Waals surface area (Å²) in [6, 6.07) is 18.5. The van der Waals surface area contributed by atoms with Crippen LogP contribution in [0, 0.1) is 5.92 Å². The maximum Gasteiger partial charge on any atom is 0.254 e. The zero-order chi connectivity index (χ0) is 20.9. The highest BCUT2D eigenvalue weighted by atomic mass is 16.5. The molecule has 0 spiro atoms. The number of likely N-dealkylation sites (tertiary alicyclic amines) is 1. The van der Waals surface area contributed by atoms with Crippen molar-refractivity contribution in [3.8, 4) is 0 Å². The smallest absolute Gasteiger partial charge is 0.254 e. The number of amides is 1. The number of hydrogen-bond donors (Lipinski definition) is 0. The Labute approximate surface area is 180 Å². The van der Waals surface area contributed by atoms with Crippen molar-refractivity contribution in [2.75, 3.05) is 32.7 Å². The molecular formula is C26H34N2O2. The second-order valence-electron chi connectivity index (χ2n) is 9.03. The summed E-state index contributed by atoms with van der Waals surface area (Å²) >= 11 is 0. The van der Waals surface area contributed by atoms with Gasteiger partial charge in [0, 0.05) is 38.3 Å². The summed E-state index contributed by atoms with van der Waals surface area (Å²) in [4.78, 5) is 17.9. The Morgan fingerprint density at radius 2 is 1.57 bits per heavy atom. The molecule has 4 heteroatoms. The molecule has 4 rings (SSSR count). The number of rotatable bonds is 5. The van der Waals surface area contributed by atoms with Gasteiger partial charge in [-0.25, -0.2) is 0 Å². The summed E-state index contributed by atoms with van der Waals surface area (Å²) in [5.41, 5.74) is 3.22. The number of ether oxygens (including phenoxy) is 1. The van der Waals surface area contributed by atoms with Crippen LogP contribution in [-0.2, 0) is 11.2 Å². The third kappa shape index (κ3) is 5.30. The molecule has 2 saturated heterocycles. The van der Waals surface area contributed by atoms with Crippen LogP contribution in [-0.4, -0.2) is 60.6 Å². The Hall–Kier alpha value is -2.17. The standard InChI is InChI=1S/C26H34N2O2/c1-20-17-27(18-21(2)30-20)19-23-12-14-28(15-13-23)26(29)25-11-7-6-10-24(25)16-22-8-4-3-5-9-22/h3-11,20-21,23H,12-19H2,1-2H3. The second-order valence-corrected chi connectivity index (χ2v) is 9.03. The Morgan fingerprint density at radius 1 is 0.933 bits per heavy atom. The molecule has 160 valence electrons. The number of carbonyl (C=O) groups excluding carboxylic acids is 1. The average Bonchev–Trinajstić information content (AvgIpc) is 2.74. The van der Waals surface area contributed by atoms with Gasteiger partial charge in [0.25, 0.3) is 5.91 Å². The van der Waals surface area contributed by atoms with Gasteiger partial charge < -0.3 is 9.64 Å². The minimum absolute atomic E-state index is 0.189. The highest BCUT2D eigenvalue weighted by Gasteiger charge is 2.28. The molecule has 2 aliphatic heterocycles. The van der Waals surface area contributed by atoms with Gasteiger partial charge in [-0.2, -0.15) is 0 Å². The van der Waals surface area contributed by atoms with Crippen LogP contribution in [0.2, 0.25) is 0 Å². The summed E-state index contributed by atoms with van der Waals surface area (Å²) in [7, 11) is 0. The van der Waals surface area contributed by atoms with E-state index >= 15 is 0 Å². The van der Waals surface area contributed by atoms with Crippen molar-refractivity contribution in [1.29, 1.82) is 0 Å². The lowest BCUT2D eigenvalue weighted by Crippen LogP contribution is -2.48. The Balaban J connectivity index is 1.35. The minimum atomic E-state index is 0.189. The monoisotopic (exact) mass is 406 g/mol. The molecule has 2 fully saturated rings. The lowest BCUT2D eigenvalue weighted by molar-refractivity contribution is -0.0728. The van der Waals surface area contributed by atoms with Crippen LogP contribution < -0.4 is 0 Å². The summed E-state index contributed by atoms with van der Waals surface area (Å²) in [6.07, 6.45) is 3.61. The van der Waals surface area contributed by atoms with Gasteiger partial charge in [-0.3, -0.25) is 9.69 Å². The number of benzene rings is 2. The zero-order valence-corrected chi connectivity index (χ0v) is 18.3. The van der Waals surface area contributed by atoms with Crippen LogP contribution in [0.5, 0.6) is 0 Å². The molecule has 0 radical (unpaired) electrons. The summed E-state index contributed by atoms with van der Waals surface area (Å²) in [6.45, 7) is 9.22. The summed E-state index contributed by atoms with van der Waals surface area (Å²) in [5, 5.41) is 0. The van der Waals surface area contributed by atoms with E-state index < -0.39 is 0 Å². The number of carbonyl (C=O) groups is 1. The van der Waals surface area contributed by atoms with E-state index in [0.29, 0.717) is 18.1 Å². The lowest BCUT2D eigenvalue weighted by Gasteiger charge is -2.39. The van der Waals surface area contributed by atoms with Crippen molar-refractivity contribution < 1.29 is 9.53 Å². The van der Waals surface area contributed by atoms with Gasteiger partial charge in [0.05, 0.1) is 12.2 Å². The van der Waals surface area contributed by atoms with E-state index in [9.17, 15) is 4.79 Å². The normalized spacial score (nSPS) is 23.5. The Morgan fingerprint density at radius 3 is 2.27 bits per heavy atom. The van der Waals surface area contributed by atoms with Gasteiger partial charge >= 0.3 is 0 Å². The minimum Gasteiger partial charge on any atom is -0.373 e. The average molecular weight is 407 g/mol. The first kappa shape index (κ1) is 21.1. The first-order valence-electron chi connectivity index (χ1n) is 11.4. The van der Waals surface area contributed by atoms with Crippen LogP contribution in [0.1, 0.15) is 48.2 Å². The van der Waals surface area contributed by atoms with E-state index in [4.69, 9.17) is 4.74 Å². The molecule has 2 unspecified atom stereocenters. The summed E-state index contributed by atoms with van der Waals surface area (Å²) < 4.78 is 5.86. The van der Waals surface area contributed by atoms with Gasteiger partial charge in [-0.15, -0.1) is 0 Å². The van der Waals surface area contributed by atoms with Crippen LogP contribution in [0.4, 0.5) is 0 Å². The molecule has 2 aromatic rings. The van der Waals surface area contributed by atoms with Crippen LogP contribution in [0.3, 0.4) is 0 Å². The van der Waals surface area contributed by atoms with Crippen LogP contribution in [0.25, 0.3) is 0 Å². The Bertz CT molecular complexity index is 820. The maximum absolute atomic E-state index is 13.3. The predicted molar refractivity (Wildman–Crippen MR) is 121 cm³/mol. The molecular weight excluding hydrogens is 372 g/mol. The quantitative estimate of drug-likeness (QED) is 0.745. The number of hydrogen-bond acceptors (Lipinski definition) is 3. The lowest BCUT2D eigenvalue weighted by atomic mass is 9.94. The van der Waals surface area contributed by atoms with Crippen molar-refractivity contribution in [1.82, 2.24) is 9.80 Å². The van der Waals surface area contributed by atoms with E-state index in [0.717, 1.165) is 63.1 Å². The largest absolute Gasteiger partial charge is 0.373 e. The molecule has 2 aliphatic rings. The van der Waals surface area contributed by atoms with E-state index in [2.05, 4.69) is 54.0 Å². The molecule has 0 aromatic heterocycles. The maximum atomic E-state index is 13.3. The fourth-order valence-electron chi connectivity index (χ4n) is 4.99. The number of morpholine rings is 1. The molecule has 2 aromatic carbocycles. The molecule has 2 atom stereocenters. The molecule has 30 heavy (non-hydrogen) atoms. The Kier molecular flexibility index (Phi) is 6.86. The topological polar surface area (TPSA) is 32.8 Å². The van der Waals surface area contributed by atoms with Gasteiger partial charge in [-0.05, 0) is 56.2 Å². The highest BCUT2D eigenvalue weighted by molar-refractivity contribution is 5.95. The van der Waals surface area contributed by atoms with Crippen LogP contribution >= 0.6 is 0 Å². The molecule has 0 N–H and O–H groups in total. The SMILES string of the molecule is CC1CN(CC2CCN(C(=O)c3ccccc3Cc3ccccc3)CC2)CC(C)O1. The van der Waals surface area contributed by atoms with Crippen molar-refractivity contribution in [3.63, 3.8) is 0 Å². The summed E-state index contributed by atoms with van der Waals surface area (Å²) in [5.74, 6) is 0.861. The van der Waals surface area contributed by atoms with Gasteiger partial charge in [0.15, 0.2) is 0 Å². The first-order valence-corrected chi connectivity index (χ1v) is 11.4. The molecule has 0 saturated carbocycles. The second kappa shape index (κ2) is 9.76. The van der Waals surface area contributed by atoms with Gasteiger partial charge in [0.2, 0.25) is 0 Å². The van der Waals surface area contributed by atoms with Crippen LogP contribution in [0.15, 0.2) is 54.6 Å². The molecule has 0 bridgehead atoms. The molecule has 4 nitrogen and oxygen atoms in total. The first-order chi connectivity index (χ1) is 14.6. The van der Waals surface area contributed by atoms with Crippen molar-refractivity contribution in [2.45, 2.75) is 45.3 Å². The molecule has 2 heterocycles. The van der Waals surface area contributed by atoms with Gasteiger partial charge in [0.1, 0.15) is 0 Å². The van der Waals surface area contributed by atoms with E-state index in [1.807, 2.05) is 24.3 Å². The third-order valence-electron chi connectivity index (χ3n) is 6.40. The van der Waals surface area contributed by atoms with Crippen molar-refractivity contribution in [3.05, 3.63) is 71.3 Å². The highest BCUT2D eigenvalue weighted by Crippen LogP contribution is 2.23. The molecule has 1 amide bonds. The third-order valence-corrected chi connectivity index (χ3v) is 6.40. The fraction of sp³-hybridized carbons (Fsp3) is 0.500. The number of nitrogens with zero attached hydrogens (tertiary/aromatic N) is 2.